The van der Waals surface area contributed by atoms with Crippen LogP contribution in [0.2, 0.25) is 5.02 Å². The number of carbonyl (C=O) groups excluding carboxylic acids is 1. The number of ether oxygens (including phenoxy) is 2. The first-order chi connectivity index (χ1) is 17.6. The molecule has 3 aromatic rings. The van der Waals surface area contributed by atoms with Gasteiger partial charge in [0.25, 0.3) is 0 Å². The van der Waals surface area contributed by atoms with Crippen LogP contribution in [-0.4, -0.2) is 35.4 Å². The highest BCUT2D eigenvalue weighted by molar-refractivity contribution is 6.30. The molecule has 0 saturated heterocycles. The van der Waals surface area contributed by atoms with Gasteiger partial charge in [-0.1, -0.05) is 48.0 Å². The van der Waals surface area contributed by atoms with Crippen LogP contribution in [0.4, 0.5) is 18.0 Å². The number of halogens is 4. The zero-order chi connectivity index (χ0) is 26.6. The first kappa shape index (κ1) is 26.3. The molecule has 0 bridgehead atoms. The first-order valence-corrected chi connectivity index (χ1v) is 11.5. The van der Waals surface area contributed by atoms with Crippen molar-refractivity contribution in [3.05, 3.63) is 99.6 Å². The van der Waals surface area contributed by atoms with E-state index in [1.54, 1.807) is 12.1 Å². The van der Waals surface area contributed by atoms with E-state index in [-0.39, 0.29) is 17.9 Å². The fourth-order valence-electron chi connectivity index (χ4n) is 4.07. The predicted molar refractivity (Wildman–Crippen MR) is 126 cm³/mol. The topological polar surface area (TPSA) is 85.3 Å². The number of alkyl halides is 3. The molecule has 1 aliphatic rings. The molecule has 0 fully saturated rings. The second-order valence-electron chi connectivity index (χ2n) is 8.18. The predicted octanol–water partition coefficient (Wildman–Crippen LogP) is 6.04. The lowest BCUT2D eigenvalue weighted by Crippen LogP contribution is -2.38. The molecule has 0 amide bonds. The van der Waals surface area contributed by atoms with Crippen LogP contribution in [0.25, 0.3) is 0 Å². The minimum atomic E-state index is -4.53. The Morgan fingerprint density at radius 1 is 1.03 bits per heavy atom. The number of hydrogen-bond acceptors (Lipinski definition) is 6. The minimum absolute atomic E-state index is 0.145. The summed E-state index contributed by atoms with van der Waals surface area (Å²) in [5.41, 5.74) is 1.51. The second-order valence-corrected chi connectivity index (χ2v) is 8.62. The Hall–Kier alpha value is -3.76. The van der Waals surface area contributed by atoms with Gasteiger partial charge in [0, 0.05) is 17.1 Å². The van der Waals surface area contributed by atoms with E-state index in [9.17, 15) is 22.8 Å². The number of rotatable bonds is 7. The van der Waals surface area contributed by atoms with Crippen molar-refractivity contribution in [1.29, 1.82) is 0 Å². The number of hydroxylamine groups is 2. The van der Waals surface area contributed by atoms with Crippen LogP contribution in [-0.2, 0) is 33.6 Å². The van der Waals surface area contributed by atoms with Gasteiger partial charge in [0.05, 0.1) is 11.6 Å². The van der Waals surface area contributed by atoms with E-state index >= 15 is 0 Å². The number of carbonyl (C=O) groups is 2. The summed E-state index contributed by atoms with van der Waals surface area (Å²) in [6.45, 7) is -0.768. The maximum atomic E-state index is 13.0. The highest BCUT2D eigenvalue weighted by Crippen LogP contribution is 2.40. The summed E-state index contributed by atoms with van der Waals surface area (Å²) in [5, 5.41) is 10.8. The van der Waals surface area contributed by atoms with E-state index < -0.39 is 43.1 Å². The molecule has 0 aromatic heterocycles. The van der Waals surface area contributed by atoms with Crippen LogP contribution >= 0.6 is 11.6 Å². The first-order valence-electron chi connectivity index (χ1n) is 11.1. The fraction of sp³-hybridized carbons (Fsp3) is 0.231. The molecule has 37 heavy (non-hydrogen) atoms. The molecule has 0 aliphatic carbocycles. The van der Waals surface area contributed by atoms with Crippen molar-refractivity contribution in [2.75, 3.05) is 13.2 Å². The van der Waals surface area contributed by atoms with E-state index in [1.807, 2.05) is 24.3 Å². The number of carboxylic acid groups (broad SMARTS) is 1. The summed E-state index contributed by atoms with van der Waals surface area (Å²) < 4.78 is 49.5. The van der Waals surface area contributed by atoms with Gasteiger partial charge in [0.1, 0.15) is 12.4 Å². The summed E-state index contributed by atoms with van der Waals surface area (Å²) in [7, 11) is 0. The molecule has 11 heteroatoms. The standard InChI is InChI=1S/C26H21ClF3NO6/c27-19-8-9-22(35-15-23(32)33)21(13-19)24-20-7-2-1-5-17(20)10-11-31(24)37-25(34)36-14-16-4-3-6-18(12-16)26(28,29)30/h1-9,12-13,24H,10-11,14-15H2,(H,32,33). The maximum absolute atomic E-state index is 13.0. The number of carboxylic acids is 1. The van der Waals surface area contributed by atoms with Gasteiger partial charge in [-0.2, -0.15) is 13.2 Å². The van der Waals surface area contributed by atoms with Crippen LogP contribution in [0, 0.1) is 0 Å². The summed E-state index contributed by atoms with van der Waals surface area (Å²) in [5.74, 6) is -0.935. The molecule has 0 spiro atoms. The van der Waals surface area contributed by atoms with Crippen molar-refractivity contribution < 1.29 is 42.2 Å². The normalized spacial score (nSPS) is 15.5. The summed E-state index contributed by atoms with van der Waals surface area (Å²) in [6, 6.07) is 15.8. The number of nitrogens with zero attached hydrogens (tertiary/aromatic N) is 1. The molecular formula is C26H21ClF3NO6. The largest absolute Gasteiger partial charge is 0.528 e. The van der Waals surface area contributed by atoms with E-state index in [4.69, 9.17) is 31.0 Å². The Bertz CT molecular complexity index is 1300. The second kappa shape index (κ2) is 11.1. The van der Waals surface area contributed by atoms with Gasteiger partial charge in [0.15, 0.2) is 6.61 Å². The van der Waals surface area contributed by atoms with Gasteiger partial charge >= 0.3 is 18.3 Å². The number of benzene rings is 3. The number of aliphatic carboxylic acids is 1. The maximum Gasteiger partial charge on any atom is 0.528 e. The van der Waals surface area contributed by atoms with Crippen LogP contribution < -0.4 is 4.74 Å². The Labute approximate surface area is 214 Å². The smallest absolute Gasteiger partial charge is 0.482 e. The van der Waals surface area contributed by atoms with Crippen LogP contribution in [0.3, 0.4) is 0 Å². The number of fused-ring (bicyclic) bond motifs is 1. The molecule has 0 saturated carbocycles. The average Bonchev–Trinajstić information content (AvgIpc) is 2.86. The molecular weight excluding hydrogens is 515 g/mol. The quantitative estimate of drug-likeness (QED) is 0.369. The van der Waals surface area contributed by atoms with Crippen molar-refractivity contribution in [3.8, 4) is 5.75 Å². The molecule has 7 nitrogen and oxygen atoms in total. The highest BCUT2D eigenvalue weighted by Gasteiger charge is 2.34. The van der Waals surface area contributed by atoms with Gasteiger partial charge in [-0.15, -0.1) is 5.06 Å². The third-order valence-corrected chi connectivity index (χ3v) is 5.89. The molecule has 1 N–H and O–H groups in total. The summed E-state index contributed by atoms with van der Waals surface area (Å²) in [4.78, 5) is 29.2. The zero-order valence-corrected chi connectivity index (χ0v) is 20.0. The lowest BCUT2D eigenvalue weighted by Gasteiger charge is -2.36. The van der Waals surface area contributed by atoms with Crippen molar-refractivity contribution in [2.24, 2.45) is 0 Å². The van der Waals surface area contributed by atoms with Crippen molar-refractivity contribution in [3.63, 3.8) is 0 Å². The molecule has 194 valence electrons. The monoisotopic (exact) mass is 535 g/mol. The van der Waals surface area contributed by atoms with Crippen molar-refractivity contribution in [1.82, 2.24) is 5.06 Å². The fourth-order valence-corrected chi connectivity index (χ4v) is 4.25. The molecule has 3 aromatic carbocycles. The van der Waals surface area contributed by atoms with E-state index in [0.29, 0.717) is 17.0 Å². The van der Waals surface area contributed by atoms with Gasteiger partial charge in [0.2, 0.25) is 0 Å². The molecule has 1 unspecified atom stereocenters. The molecule has 1 heterocycles. The lowest BCUT2D eigenvalue weighted by molar-refractivity contribution is -0.152. The zero-order valence-electron chi connectivity index (χ0n) is 19.2. The van der Waals surface area contributed by atoms with Crippen LogP contribution in [0.5, 0.6) is 5.75 Å². The molecule has 1 aliphatic heterocycles. The van der Waals surface area contributed by atoms with Gasteiger partial charge in [-0.25, -0.2) is 9.59 Å². The third-order valence-electron chi connectivity index (χ3n) is 5.66. The van der Waals surface area contributed by atoms with E-state index in [1.165, 1.54) is 23.3 Å². The van der Waals surface area contributed by atoms with Crippen molar-refractivity contribution >= 4 is 23.7 Å². The van der Waals surface area contributed by atoms with E-state index in [2.05, 4.69) is 0 Å². The highest BCUT2D eigenvalue weighted by atomic mass is 35.5. The third kappa shape index (κ3) is 6.52. The average molecular weight is 536 g/mol. The lowest BCUT2D eigenvalue weighted by atomic mass is 9.89. The molecule has 4 rings (SSSR count). The molecule has 0 radical (unpaired) electrons. The Kier molecular flexibility index (Phi) is 7.89. The van der Waals surface area contributed by atoms with Gasteiger partial charge in [-0.3, -0.25) is 0 Å². The van der Waals surface area contributed by atoms with Crippen LogP contribution in [0.1, 0.15) is 33.9 Å². The Morgan fingerprint density at radius 3 is 2.57 bits per heavy atom. The van der Waals surface area contributed by atoms with Crippen LogP contribution in [0.15, 0.2) is 66.7 Å². The Balaban J connectivity index is 1.57. The number of hydrogen-bond donors (Lipinski definition) is 1. The SMILES string of the molecule is O=C(O)COc1ccc(Cl)cc1C1c2ccccc2CCN1OC(=O)OCc1cccc(C(F)(F)F)c1. The summed E-state index contributed by atoms with van der Waals surface area (Å²) in [6.07, 6.45) is -5.11. The molecule has 1 atom stereocenters. The Morgan fingerprint density at radius 2 is 1.81 bits per heavy atom. The minimum Gasteiger partial charge on any atom is -0.482 e. The summed E-state index contributed by atoms with van der Waals surface area (Å²) >= 11 is 6.24. The van der Waals surface area contributed by atoms with Gasteiger partial charge in [-0.05, 0) is 53.4 Å². The van der Waals surface area contributed by atoms with Crippen molar-refractivity contribution in [2.45, 2.75) is 25.2 Å². The van der Waals surface area contributed by atoms with E-state index in [0.717, 1.165) is 23.3 Å². The van der Waals surface area contributed by atoms with Gasteiger partial charge < -0.3 is 19.4 Å².